The van der Waals surface area contributed by atoms with Gasteiger partial charge < -0.3 is 53.2 Å². The van der Waals surface area contributed by atoms with E-state index in [0.717, 1.165) is 24.1 Å². The molecule has 2 rings (SSSR count). The monoisotopic (exact) mass is 1270 g/mol. The van der Waals surface area contributed by atoms with Gasteiger partial charge in [0.25, 0.3) is 0 Å². The molecule has 4 atom stereocenters. The number of nitrogens with one attached hydrogen (secondary N) is 6. The number of hydrogen-bond donors (Lipinski definition) is 10. The maximum absolute atomic E-state index is 14.5. The first-order chi connectivity index (χ1) is 39.0. The second kappa shape index (κ2) is 35.3. The molecule has 1 aromatic carbocycles. The molecular weight excluding hydrogens is 1180 g/mol. The molecule has 2 aromatic rings. The van der Waals surface area contributed by atoms with Crippen molar-refractivity contribution >= 4 is 92.5 Å². The molecule has 29 nitrogen and oxygen atoms in total. The number of amides is 5. The van der Waals surface area contributed by atoms with Crippen molar-refractivity contribution in [2.45, 2.75) is 118 Å². The Hall–Kier alpha value is -5.39. The summed E-state index contributed by atoms with van der Waals surface area (Å²) in [5.74, 6) is -9.76. The molecule has 0 bridgehead atoms. The lowest BCUT2D eigenvalue weighted by molar-refractivity contribution is -0.138. The number of fused-ring (bicyclic) bond motifs is 1. The number of aliphatic carboxylic acids is 2. The third-order valence-electron chi connectivity index (χ3n) is 12.7. The number of rotatable bonds is 43. The smallest absolute Gasteiger partial charge is 0.303 e. The summed E-state index contributed by atoms with van der Waals surface area (Å²) in [4.78, 5) is 93.5. The fraction of sp³-hybridized carbons (Fsp3) is 0.706. The lowest BCUT2D eigenvalue weighted by Crippen LogP contribution is -2.55. The minimum Gasteiger partial charge on any atom is -0.481 e. The van der Waals surface area contributed by atoms with Gasteiger partial charge in [-0.1, -0.05) is 59.7 Å². The highest BCUT2D eigenvalue weighted by molar-refractivity contribution is 7.90. The normalized spacial score (nSPS) is 14.1. The molecule has 480 valence electrons. The first kappa shape index (κ1) is 74.7. The molecule has 0 saturated carbocycles. The van der Waals surface area contributed by atoms with E-state index in [-0.39, 0.29) is 62.7 Å². The Morgan fingerprint density at radius 2 is 0.964 bits per heavy atom. The number of carboxylic acid groups (broad SMARTS) is 2. The van der Waals surface area contributed by atoms with Crippen LogP contribution in [-0.2, 0) is 80.1 Å². The number of nitrogens with zero attached hydrogens (tertiary/aromatic N) is 4. The Morgan fingerprint density at radius 3 is 1.40 bits per heavy atom. The molecule has 0 spiro atoms. The molecule has 0 aliphatic heterocycles. The lowest BCUT2D eigenvalue weighted by Gasteiger charge is -2.31. The zero-order chi connectivity index (χ0) is 63.8. The van der Waals surface area contributed by atoms with Crippen LogP contribution in [0.4, 0.5) is 0 Å². The average Bonchev–Trinajstić information content (AvgIpc) is 3.99. The van der Waals surface area contributed by atoms with E-state index < -0.39 is 194 Å². The molecule has 12 N–H and O–H groups in total. The van der Waals surface area contributed by atoms with Crippen molar-refractivity contribution in [3.8, 4) is 0 Å². The summed E-state index contributed by atoms with van der Waals surface area (Å²) in [5, 5.41) is 32.4. The maximum Gasteiger partial charge on any atom is 0.303 e. The second-order valence-electron chi connectivity index (χ2n) is 22.0. The largest absolute Gasteiger partial charge is 0.481 e. The van der Waals surface area contributed by atoms with Crippen LogP contribution in [0, 0.1) is 17.8 Å². The quantitative estimate of drug-likeness (QED) is 0.0355. The number of carbonyl (C=O) groups is 7. The first-order valence-corrected chi connectivity index (χ1v) is 34.1. The molecule has 1 aromatic heterocycles. The zero-order valence-electron chi connectivity index (χ0n) is 49.4. The van der Waals surface area contributed by atoms with Crippen molar-refractivity contribution in [3.63, 3.8) is 0 Å². The predicted molar refractivity (Wildman–Crippen MR) is 317 cm³/mol. The van der Waals surface area contributed by atoms with Crippen LogP contribution in [0.3, 0.4) is 0 Å². The Morgan fingerprint density at radius 1 is 0.548 bits per heavy atom. The predicted octanol–water partition coefficient (Wildman–Crippen LogP) is -1.66. The summed E-state index contributed by atoms with van der Waals surface area (Å²) >= 11 is 0. The SMILES string of the molecule is CNC(=O)CN(C[C@H](CCCC(=O)O)NC(=O)CN(C[C@H](Cc1c[nH]c2ccccc12)NC(=O)CN(C[C@H](CC(C)C)NC(=O)CN(C[C@H](CCC(=O)O)NC(C)=O)S(=O)(=O)CCN)S(=O)(=O)CCN)S(=O)(=O)CC(C)C)S(=O)(=O)CC(C)C. The highest BCUT2D eigenvalue weighted by atomic mass is 32.2. The van der Waals surface area contributed by atoms with E-state index in [9.17, 15) is 77.4 Å². The summed E-state index contributed by atoms with van der Waals surface area (Å²) in [7, 11) is -16.0. The molecule has 0 fully saturated rings. The Kier molecular flexibility index (Phi) is 31.4. The summed E-state index contributed by atoms with van der Waals surface area (Å²) in [6.45, 7) is 5.00. The molecular formula is C51H90N12O17S4. The number of aromatic amines is 1. The van der Waals surface area contributed by atoms with Gasteiger partial charge in [-0.2, -0.15) is 17.2 Å². The summed E-state index contributed by atoms with van der Waals surface area (Å²) in [6.07, 6.45) is 0.445. The van der Waals surface area contributed by atoms with Crippen molar-refractivity contribution in [3.05, 3.63) is 36.0 Å². The van der Waals surface area contributed by atoms with Gasteiger partial charge in [0.2, 0.25) is 69.6 Å². The molecule has 84 heavy (non-hydrogen) atoms. The number of hydrogen-bond acceptors (Lipinski definition) is 17. The number of benzene rings is 1. The molecule has 0 aliphatic carbocycles. The fourth-order valence-electron chi connectivity index (χ4n) is 9.22. The van der Waals surface area contributed by atoms with Gasteiger partial charge in [-0.25, -0.2) is 33.7 Å². The highest BCUT2D eigenvalue weighted by Gasteiger charge is 2.35. The third-order valence-corrected chi connectivity index (χ3v) is 20.7. The van der Waals surface area contributed by atoms with Crippen LogP contribution in [0.15, 0.2) is 30.5 Å². The van der Waals surface area contributed by atoms with Gasteiger partial charge in [-0.3, -0.25) is 33.6 Å². The lowest BCUT2D eigenvalue weighted by atomic mass is 10.0. The van der Waals surface area contributed by atoms with Crippen molar-refractivity contribution in [1.82, 2.24) is 48.8 Å². The Labute approximate surface area is 494 Å². The van der Waals surface area contributed by atoms with Gasteiger partial charge in [-0.15, -0.1) is 0 Å². The number of carboxylic acids is 2. The molecule has 0 aliphatic rings. The van der Waals surface area contributed by atoms with E-state index in [1.165, 1.54) is 7.05 Å². The van der Waals surface area contributed by atoms with Gasteiger partial charge in [0.15, 0.2) is 0 Å². The number of sulfonamides is 4. The molecule has 5 amide bonds. The Balaban J connectivity index is 2.70. The van der Waals surface area contributed by atoms with Gasteiger partial charge in [0.05, 0.1) is 49.2 Å². The molecule has 1 heterocycles. The standard InChI is InChI=1S/C51H90N12O17S4/c1-35(2)22-42(58-48(67)30-60(81(73,74)20-18-52)26-41(56-38(7)64)16-17-51(71)72)27-61(82(75,76)21-19-53)31-49(68)59-43(23-39-24-55-45-14-10-9-13-44(39)45)28-63(84(79,80)34-37(5)6)32-47(66)57-40(12-11-15-50(69)70)25-62(29-46(65)54-8)83(77,78)33-36(3)4/h9-10,13-14,24,35-37,40-43,55H,11-12,15-23,25-34,52-53H2,1-8H3,(H,54,65)(H,56,64)(H,57,66)(H,58,67)(H,59,68)(H,69,70)(H,71,72)/t40-,41-,42-,43-/m0/s1. The molecule has 33 heteroatoms. The van der Waals surface area contributed by atoms with Gasteiger partial charge in [0, 0.05) is 107 Å². The van der Waals surface area contributed by atoms with Gasteiger partial charge in [-0.05, 0) is 61.5 Å². The number of nitrogens with two attached hydrogens (primary N) is 2. The van der Waals surface area contributed by atoms with E-state index >= 15 is 0 Å². The summed E-state index contributed by atoms with van der Waals surface area (Å²) in [6, 6.07) is 2.60. The van der Waals surface area contributed by atoms with E-state index in [0.29, 0.717) is 16.5 Å². The number of likely N-dealkylation sites (N-methyl/N-ethyl adjacent to an activating group) is 1. The number of H-pyrrole nitrogens is 1. The fourth-order valence-corrected chi connectivity index (χ4v) is 15.3. The number of para-hydroxylation sites is 1. The Bertz CT molecular complexity index is 2960. The maximum atomic E-state index is 14.5. The topological polar surface area (TPSA) is 437 Å². The second-order valence-corrected chi connectivity index (χ2v) is 30.2. The first-order valence-electron chi connectivity index (χ1n) is 27.7. The van der Waals surface area contributed by atoms with Crippen LogP contribution < -0.4 is 38.1 Å². The third kappa shape index (κ3) is 27.8. The minimum atomic E-state index is -4.45. The van der Waals surface area contributed by atoms with Crippen LogP contribution in [0.25, 0.3) is 10.9 Å². The summed E-state index contributed by atoms with van der Waals surface area (Å²) < 4.78 is 114. The van der Waals surface area contributed by atoms with Crippen molar-refractivity contribution in [2.24, 2.45) is 29.2 Å². The molecule has 0 saturated heterocycles. The van der Waals surface area contributed by atoms with Crippen molar-refractivity contribution < 1.29 is 77.4 Å². The minimum absolute atomic E-state index is 0.0494. The number of aromatic nitrogens is 1. The average molecular weight is 1270 g/mol. The number of carbonyl (C=O) groups excluding carboxylic acids is 5. The highest BCUT2D eigenvalue weighted by Crippen LogP contribution is 2.21. The van der Waals surface area contributed by atoms with Crippen LogP contribution in [0.2, 0.25) is 0 Å². The summed E-state index contributed by atoms with van der Waals surface area (Å²) in [5.41, 5.74) is 12.6. The van der Waals surface area contributed by atoms with E-state index in [1.54, 1.807) is 72.0 Å². The molecule has 0 unspecified atom stereocenters. The van der Waals surface area contributed by atoms with E-state index in [1.807, 2.05) is 0 Å². The van der Waals surface area contributed by atoms with E-state index in [4.69, 9.17) is 11.5 Å². The van der Waals surface area contributed by atoms with Crippen LogP contribution in [0.1, 0.15) is 92.6 Å². The zero-order valence-corrected chi connectivity index (χ0v) is 52.6. The van der Waals surface area contributed by atoms with Crippen LogP contribution in [0.5, 0.6) is 0 Å². The van der Waals surface area contributed by atoms with Crippen molar-refractivity contribution in [1.29, 1.82) is 0 Å². The van der Waals surface area contributed by atoms with E-state index in [2.05, 4.69) is 31.6 Å². The van der Waals surface area contributed by atoms with Gasteiger partial charge in [0.1, 0.15) is 0 Å². The van der Waals surface area contributed by atoms with Crippen LogP contribution in [-0.4, -0.2) is 227 Å². The molecule has 0 radical (unpaired) electrons. The van der Waals surface area contributed by atoms with Gasteiger partial charge >= 0.3 is 11.9 Å². The van der Waals surface area contributed by atoms with Crippen LogP contribution >= 0.6 is 0 Å². The van der Waals surface area contributed by atoms with Crippen molar-refractivity contribution in [2.75, 3.05) is 95.5 Å².